The average molecular weight is 278 g/mol. The molecule has 0 aliphatic carbocycles. The molecule has 1 N–H and O–H groups in total. The summed E-state index contributed by atoms with van der Waals surface area (Å²) < 4.78 is 18.7. The van der Waals surface area contributed by atoms with Crippen LogP contribution in [0.3, 0.4) is 0 Å². The highest BCUT2D eigenvalue weighted by Crippen LogP contribution is 2.39. The summed E-state index contributed by atoms with van der Waals surface area (Å²) in [7, 11) is 0. The number of benzene rings is 1. The molecule has 1 unspecified atom stereocenters. The highest BCUT2D eigenvalue weighted by molar-refractivity contribution is 5.91. The fourth-order valence-corrected chi connectivity index (χ4v) is 3.31. The van der Waals surface area contributed by atoms with E-state index in [9.17, 15) is 9.18 Å². The van der Waals surface area contributed by atoms with Crippen LogP contribution in [0.1, 0.15) is 19.8 Å². The SMILES string of the molecule is CC1(C2CCNCC2)COC(=O)N1c1cccc(F)c1. The second-order valence-electron chi connectivity index (χ2n) is 5.75. The Hall–Kier alpha value is -1.62. The van der Waals surface area contributed by atoms with E-state index in [0.29, 0.717) is 18.2 Å². The van der Waals surface area contributed by atoms with E-state index in [1.807, 2.05) is 6.92 Å². The minimum Gasteiger partial charge on any atom is -0.447 e. The maximum Gasteiger partial charge on any atom is 0.415 e. The van der Waals surface area contributed by atoms with Crippen molar-refractivity contribution in [2.45, 2.75) is 25.3 Å². The van der Waals surface area contributed by atoms with Gasteiger partial charge < -0.3 is 10.1 Å². The van der Waals surface area contributed by atoms with Gasteiger partial charge in [-0.15, -0.1) is 0 Å². The molecule has 0 radical (unpaired) electrons. The van der Waals surface area contributed by atoms with Gasteiger partial charge in [0, 0.05) is 0 Å². The molecule has 0 aromatic heterocycles. The Bertz CT molecular complexity index is 516. The van der Waals surface area contributed by atoms with Crippen LogP contribution in [-0.2, 0) is 4.74 Å². The number of anilines is 1. The van der Waals surface area contributed by atoms with Crippen LogP contribution >= 0.6 is 0 Å². The molecule has 3 rings (SSSR count). The minimum absolute atomic E-state index is 0.338. The van der Waals surface area contributed by atoms with Crippen LogP contribution in [0.25, 0.3) is 0 Å². The van der Waals surface area contributed by atoms with Crippen LogP contribution in [0.2, 0.25) is 0 Å². The summed E-state index contributed by atoms with van der Waals surface area (Å²) >= 11 is 0. The van der Waals surface area contributed by atoms with E-state index in [1.165, 1.54) is 12.1 Å². The lowest BCUT2D eigenvalue weighted by molar-refractivity contribution is 0.156. The third kappa shape index (κ3) is 2.16. The Kier molecular flexibility index (Phi) is 3.38. The highest BCUT2D eigenvalue weighted by atomic mass is 19.1. The van der Waals surface area contributed by atoms with Gasteiger partial charge in [-0.25, -0.2) is 9.18 Å². The third-order valence-corrected chi connectivity index (χ3v) is 4.47. The molecule has 108 valence electrons. The standard InChI is InChI=1S/C15H19FN2O2/c1-15(11-5-7-17-8-6-11)10-20-14(19)18(15)13-4-2-3-12(16)9-13/h2-4,9,11,17H,5-8,10H2,1H3. The summed E-state index contributed by atoms with van der Waals surface area (Å²) in [6, 6.07) is 6.16. The number of piperidine rings is 1. The summed E-state index contributed by atoms with van der Waals surface area (Å²) in [6.45, 7) is 4.31. The van der Waals surface area contributed by atoms with Gasteiger partial charge in [0.25, 0.3) is 0 Å². The molecule has 1 atom stereocenters. The predicted molar refractivity (Wildman–Crippen MR) is 74.2 cm³/mol. The summed E-state index contributed by atoms with van der Waals surface area (Å²) in [4.78, 5) is 13.7. The van der Waals surface area contributed by atoms with Crippen molar-refractivity contribution >= 4 is 11.8 Å². The first-order valence-corrected chi connectivity index (χ1v) is 7.04. The van der Waals surface area contributed by atoms with Crippen LogP contribution in [0.4, 0.5) is 14.9 Å². The lowest BCUT2D eigenvalue weighted by Crippen LogP contribution is -2.53. The molecule has 0 bridgehead atoms. The third-order valence-electron chi connectivity index (χ3n) is 4.47. The van der Waals surface area contributed by atoms with E-state index in [-0.39, 0.29) is 11.9 Å². The van der Waals surface area contributed by atoms with Crippen LogP contribution < -0.4 is 10.2 Å². The Morgan fingerprint density at radius 3 is 2.85 bits per heavy atom. The van der Waals surface area contributed by atoms with Gasteiger partial charge in [0.15, 0.2) is 0 Å². The van der Waals surface area contributed by atoms with E-state index in [4.69, 9.17) is 4.74 Å². The lowest BCUT2D eigenvalue weighted by Gasteiger charge is -2.41. The van der Waals surface area contributed by atoms with Crippen LogP contribution in [0.15, 0.2) is 24.3 Å². The number of cyclic esters (lactones) is 1. The quantitative estimate of drug-likeness (QED) is 0.904. The Morgan fingerprint density at radius 2 is 2.15 bits per heavy atom. The van der Waals surface area contributed by atoms with Gasteiger partial charge in [0.1, 0.15) is 12.4 Å². The molecule has 5 heteroatoms. The van der Waals surface area contributed by atoms with Crippen molar-refractivity contribution in [3.63, 3.8) is 0 Å². The topological polar surface area (TPSA) is 41.6 Å². The Labute approximate surface area is 117 Å². The molecule has 1 aromatic rings. The van der Waals surface area contributed by atoms with Gasteiger partial charge in [-0.2, -0.15) is 0 Å². The molecule has 2 aliphatic heterocycles. The summed E-state index contributed by atoms with van der Waals surface area (Å²) in [6.07, 6.45) is 1.62. The number of nitrogens with zero attached hydrogens (tertiary/aromatic N) is 1. The molecule has 2 heterocycles. The molecule has 2 aliphatic rings. The number of rotatable bonds is 2. The molecular weight excluding hydrogens is 259 g/mol. The molecule has 2 fully saturated rings. The van der Waals surface area contributed by atoms with Gasteiger partial charge in [0.2, 0.25) is 0 Å². The Balaban J connectivity index is 1.95. The van der Waals surface area contributed by atoms with Crippen molar-refractivity contribution in [1.82, 2.24) is 5.32 Å². The molecule has 4 nitrogen and oxygen atoms in total. The van der Waals surface area contributed by atoms with E-state index in [1.54, 1.807) is 17.0 Å². The fourth-order valence-electron chi connectivity index (χ4n) is 3.31. The zero-order valence-corrected chi connectivity index (χ0v) is 11.6. The molecule has 0 spiro atoms. The number of ether oxygens (including phenoxy) is 1. The highest BCUT2D eigenvalue weighted by Gasteiger charge is 2.49. The number of amides is 1. The van der Waals surface area contributed by atoms with Crippen molar-refractivity contribution in [1.29, 1.82) is 0 Å². The van der Waals surface area contributed by atoms with Crippen molar-refractivity contribution in [2.75, 3.05) is 24.6 Å². The van der Waals surface area contributed by atoms with Gasteiger partial charge in [-0.1, -0.05) is 6.07 Å². The average Bonchev–Trinajstić information content (AvgIpc) is 2.77. The number of carbonyl (C=O) groups excluding carboxylic acids is 1. The molecular formula is C15H19FN2O2. The smallest absolute Gasteiger partial charge is 0.415 e. The number of halogens is 1. The monoisotopic (exact) mass is 278 g/mol. The van der Waals surface area contributed by atoms with Gasteiger partial charge >= 0.3 is 6.09 Å². The van der Waals surface area contributed by atoms with Gasteiger partial charge in [-0.05, 0) is 57.0 Å². The maximum atomic E-state index is 13.5. The zero-order valence-electron chi connectivity index (χ0n) is 11.6. The summed E-state index contributed by atoms with van der Waals surface area (Å²) in [5.41, 5.74) is 0.181. The second kappa shape index (κ2) is 5.05. The van der Waals surface area contributed by atoms with Crippen LogP contribution in [0, 0.1) is 11.7 Å². The van der Waals surface area contributed by atoms with E-state index in [2.05, 4.69) is 5.32 Å². The van der Waals surface area contributed by atoms with Gasteiger partial charge in [-0.3, -0.25) is 4.90 Å². The first-order valence-electron chi connectivity index (χ1n) is 7.04. The van der Waals surface area contributed by atoms with Crippen molar-refractivity contribution in [3.05, 3.63) is 30.1 Å². The first-order chi connectivity index (χ1) is 9.61. The number of carbonyl (C=O) groups is 1. The molecule has 0 saturated carbocycles. The lowest BCUT2D eigenvalue weighted by atomic mass is 9.79. The van der Waals surface area contributed by atoms with E-state index in [0.717, 1.165) is 25.9 Å². The summed E-state index contributed by atoms with van der Waals surface area (Å²) in [5, 5.41) is 3.33. The normalized spacial score (nSPS) is 27.7. The number of hydrogen-bond acceptors (Lipinski definition) is 3. The first kappa shape index (κ1) is 13.4. The molecule has 1 amide bonds. The summed E-state index contributed by atoms with van der Waals surface area (Å²) in [5.74, 6) is 0.0216. The molecule has 20 heavy (non-hydrogen) atoms. The van der Waals surface area contributed by atoms with E-state index >= 15 is 0 Å². The molecule has 1 aromatic carbocycles. The van der Waals surface area contributed by atoms with Crippen molar-refractivity contribution in [2.24, 2.45) is 5.92 Å². The maximum absolute atomic E-state index is 13.5. The minimum atomic E-state index is -0.396. The molecule has 2 saturated heterocycles. The van der Waals surface area contributed by atoms with Crippen LogP contribution in [0.5, 0.6) is 0 Å². The second-order valence-corrected chi connectivity index (χ2v) is 5.75. The predicted octanol–water partition coefficient (Wildman–Crippen LogP) is 2.54. The fraction of sp³-hybridized carbons (Fsp3) is 0.533. The number of hydrogen-bond donors (Lipinski definition) is 1. The van der Waals surface area contributed by atoms with E-state index < -0.39 is 5.54 Å². The Morgan fingerprint density at radius 1 is 1.40 bits per heavy atom. The van der Waals surface area contributed by atoms with Gasteiger partial charge in [0.05, 0.1) is 11.2 Å². The largest absolute Gasteiger partial charge is 0.447 e. The van der Waals surface area contributed by atoms with Crippen molar-refractivity contribution < 1.29 is 13.9 Å². The number of nitrogens with one attached hydrogen (secondary N) is 1. The zero-order chi connectivity index (χ0) is 14.2. The van der Waals surface area contributed by atoms with Crippen LogP contribution in [-0.4, -0.2) is 31.3 Å². The van der Waals surface area contributed by atoms with Crippen molar-refractivity contribution in [3.8, 4) is 0 Å².